The molecule has 9 nitrogen and oxygen atoms in total. The van der Waals surface area contributed by atoms with Crippen LogP contribution >= 0.6 is 11.3 Å². The number of amides is 2. The lowest BCUT2D eigenvalue weighted by Gasteiger charge is -2.33. The van der Waals surface area contributed by atoms with E-state index in [2.05, 4.69) is 5.32 Å². The number of rotatable bonds is 5. The largest absolute Gasteiger partial charge is 0.465 e. The first-order valence-corrected chi connectivity index (χ1v) is 12.2. The zero-order valence-corrected chi connectivity index (χ0v) is 19.9. The van der Waals surface area contributed by atoms with Gasteiger partial charge in [-0.3, -0.25) is 9.59 Å². The Balaban J connectivity index is 1.82. The summed E-state index contributed by atoms with van der Waals surface area (Å²) >= 11 is 1.25. The van der Waals surface area contributed by atoms with E-state index in [-0.39, 0.29) is 35.0 Å². The second-order valence-corrected chi connectivity index (χ2v) is 10.5. The molecule has 0 spiro atoms. The molecular formula is C21H25N3O6S2. The van der Waals surface area contributed by atoms with Gasteiger partial charge in [0.25, 0.3) is 5.91 Å². The Morgan fingerprint density at radius 3 is 2.34 bits per heavy atom. The lowest BCUT2D eigenvalue weighted by molar-refractivity contribution is -0.129. The summed E-state index contributed by atoms with van der Waals surface area (Å²) in [4.78, 5) is 38.9. The van der Waals surface area contributed by atoms with Gasteiger partial charge in [0.15, 0.2) is 0 Å². The van der Waals surface area contributed by atoms with Crippen LogP contribution in [0, 0.1) is 13.8 Å². The Labute approximate surface area is 191 Å². The Bertz CT molecular complexity index is 1160. The fourth-order valence-electron chi connectivity index (χ4n) is 3.43. The van der Waals surface area contributed by atoms with Crippen molar-refractivity contribution in [2.24, 2.45) is 0 Å². The van der Waals surface area contributed by atoms with Gasteiger partial charge in [0, 0.05) is 43.5 Å². The number of hydrogen-bond donors (Lipinski definition) is 1. The maximum Gasteiger partial charge on any atom is 0.341 e. The number of hydrogen-bond acceptors (Lipinski definition) is 7. The highest BCUT2D eigenvalue weighted by Crippen LogP contribution is 2.33. The summed E-state index contributed by atoms with van der Waals surface area (Å²) in [6, 6.07) is 5.75. The molecule has 2 amide bonds. The van der Waals surface area contributed by atoms with E-state index in [0.29, 0.717) is 18.1 Å². The molecule has 0 aliphatic carbocycles. The van der Waals surface area contributed by atoms with Crippen LogP contribution in [-0.2, 0) is 19.6 Å². The molecule has 1 fully saturated rings. The van der Waals surface area contributed by atoms with Gasteiger partial charge in [-0.15, -0.1) is 11.3 Å². The van der Waals surface area contributed by atoms with Gasteiger partial charge in [0.05, 0.1) is 17.6 Å². The van der Waals surface area contributed by atoms with Gasteiger partial charge in [0.1, 0.15) is 5.00 Å². The number of benzene rings is 1. The maximum absolute atomic E-state index is 13.1. The number of sulfonamides is 1. The van der Waals surface area contributed by atoms with Gasteiger partial charge in [-0.1, -0.05) is 6.07 Å². The predicted molar refractivity (Wildman–Crippen MR) is 121 cm³/mol. The van der Waals surface area contributed by atoms with E-state index < -0.39 is 21.9 Å². The van der Waals surface area contributed by atoms with Gasteiger partial charge in [-0.25, -0.2) is 13.2 Å². The average Bonchev–Trinajstić information content (AvgIpc) is 3.06. The van der Waals surface area contributed by atoms with Gasteiger partial charge in [0.2, 0.25) is 15.9 Å². The first kappa shape index (κ1) is 23.9. The highest BCUT2D eigenvalue weighted by atomic mass is 32.2. The summed E-state index contributed by atoms with van der Waals surface area (Å²) in [5.41, 5.74) is 1.15. The van der Waals surface area contributed by atoms with Gasteiger partial charge >= 0.3 is 5.97 Å². The van der Waals surface area contributed by atoms with E-state index in [4.69, 9.17) is 4.74 Å². The van der Waals surface area contributed by atoms with Crippen LogP contribution < -0.4 is 5.32 Å². The minimum atomic E-state index is -3.82. The van der Waals surface area contributed by atoms with E-state index in [1.165, 1.54) is 53.9 Å². The zero-order valence-electron chi connectivity index (χ0n) is 18.3. The van der Waals surface area contributed by atoms with E-state index in [1.807, 2.05) is 6.92 Å². The summed E-state index contributed by atoms with van der Waals surface area (Å²) in [6.45, 7) is 6.08. The fourth-order valence-corrected chi connectivity index (χ4v) is 5.94. The third-order valence-electron chi connectivity index (χ3n) is 5.42. The van der Waals surface area contributed by atoms with Crippen molar-refractivity contribution in [1.82, 2.24) is 9.21 Å². The normalized spacial score (nSPS) is 14.8. The molecule has 11 heteroatoms. The smallest absolute Gasteiger partial charge is 0.341 e. The second kappa shape index (κ2) is 9.39. The first-order chi connectivity index (χ1) is 15.1. The number of esters is 1. The molecule has 172 valence electrons. The van der Waals surface area contributed by atoms with Crippen molar-refractivity contribution < 1.29 is 27.5 Å². The molecule has 0 bridgehead atoms. The lowest BCUT2D eigenvalue weighted by atomic mass is 10.1. The van der Waals surface area contributed by atoms with Crippen LogP contribution in [0.4, 0.5) is 5.00 Å². The van der Waals surface area contributed by atoms with Crippen molar-refractivity contribution >= 4 is 44.1 Å². The zero-order chi connectivity index (χ0) is 23.6. The van der Waals surface area contributed by atoms with Crippen molar-refractivity contribution in [3.63, 3.8) is 0 Å². The predicted octanol–water partition coefficient (Wildman–Crippen LogP) is 2.26. The summed E-state index contributed by atoms with van der Waals surface area (Å²) < 4.78 is 32.2. The molecule has 1 N–H and O–H groups in total. The van der Waals surface area contributed by atoms with Crippen molar-refractivity contribution in [1.29, 1.82) is 0 Å². The molecule has 32 heavy (non-hydrogen) atoms. The van der Waals surface area contributed by atoms with Gasteiger partial charge in [-0.2, -0.15) is 4.31 Å². The number of aryl methyl sites for hydroxylation is 1. The summed E-state index contributed by atoms with van der Waals surface area (Å²) in [6.07, 6.45) is 0. The van der Waals surface area contributed by atoms with Crippen molar-refractivity contribution in [3.05, 3.63) is 45.8 Å². The number of carbonyl (C=O) groups is 3. The minimum absolute atomic E-state index is 0.00634. The molecular weight excluding hydrogens is 454 g/mol. The topological polar surface area (TPSA) is 113 Å². The maximum atomic E-state index is 13.1. The Hall–Kier alpha value is -2.76. The third kappa shape index (κ3) is 4.69. The molecule has 1 aromatic heterocycles. The number of piperazine rings is 1. The summed E-state index contributed by atoms with van der Waals surface area (Å²) in [5.74, 6) is -1.18. The van der Waals surface area contributed by atoms with Crippen LogP contribution in [0.5, 0.6) is 0 Å². The monoisotopic (exact) mass is 479 g/mol. The number of thiophene rings is 1. The molecule has 1 aliphatic heterocycles. The van der Waals surface area contributed by atoms with Crippen LogP contribution in [0.15, 0.2) is 29.2 Å². The summed E-state index contributed by atoms with van der Waals surface area (Å²) in [5, 5.41) is 3.06. The highest BCUT2D eigenvalue weighted by Gasteiger charge is 2.30. The third-order valence-corrected chi connectivity index (χ3v) is 8.44. The average molecular weight is 480 g/mol. The van der Waals surface area contributed by atoms with Crippen LogP contribution in [0.3, 0.4) is 0 Å². The number of nitrogens with zero attached hydrogens (tertiary/aromatic N) is 2. The van der Waals surface area contributed by atoms with Crippen LogP contribution in [0.2, 0.25) is 0 Å². The molecule has 2 heterocycles. The van der Waals surface area contributed by atoms with E-state index in [9.17, 15) is 22.8 Å². The standard InChI is InChI=1S/C21H25N3O6S2/c1-13-14(2)31-20(18(13)21(27)30-4)22-19(26)16-6-5-7-17(12-16)32(28,29)24-10-8-23(9-11-24)15(3)25/h5-7,12H,8-11H2,1-4H3,(H,22,26). The SMILES string of the molecule is COC(=O)c1c(NC(=O)c2cccc(S(=O)(=O)N3CCN(C(C)=O)CC3)c2)sc(C)c1C. The number of anilines is 1. The Morgan fingerprint density at radius 2 is 1.75 bits per heavy atom. The second-order valence-electron chi connectivity index (χ2n) is 7.37. The first-order valence-electron chi connectivity index (χ1n) is 9.91. The molecule has 1 aromatic carbocycles. The van der Waals surface area contributed by atoms with Crippen molar-refractivity contribution in [3.8, 4) is 0 Å². The highest BCUT2D eigenvalue weighted by molar-refractivity contribution is 7.89. The molecule has 0 atom stereocenters. The van der Waals surface area contributed by atoms with Gasteiger partial charge in [-0.05, 0) is 37.6 Å². The van der Waals surface area contributed by atoms with Crippen molar-refractivity contribution in [2.45, 2.75) is 25.7 Å². The molecule has 3 rings (SSSR count). The Morgan fingerprint density at radius 1 is 1.09 bits per heavy atom. The van der Waals surface area contributed by atoms with Gasteiger partial charge < -0.3 is 15.0 Å². The van der Waals surface area contributed by atoms with E-state index >= 15 is 0 Å². The molecule has 2 aromatic rings. The van der Waals surface area contributed by atoms with Crippen molar-refractivity contribution in [2.75, 3.05) is 38.6 Å². The minimum Gasteiger partial charge on any atom is -0.465 e. The van der Waals surface area contributed by atoms with E-state index in [1.54, 1.807) is 11.8 Å². The molecule has 0 radical (unpaired) electrons. The fraction of sp³-hybridized carbons (Fsp3) is 0.381. The molecule has 0 unspecified atom stereocenters. The number of carbonyl (C=O) groups excluding carboxylic acids is 3. The molecule has 0 saturated carbocycles. The van der Waals surface area contributed by atoms with Crippen LogP contribution in [-0.4, -0.2) is 68.7 Å². The number of methoxy groups -OCH3 is 1. The number of ether oxygens (including phenoxy) is 1. The Kier molecular flexibility index (Phi) is 7.01. The lowest BCUT2D eigenvalue weighted by Crippen LogP contribution is -2.49. The number of nitrogens with one attached hydrogen (secondary N) is 1. The molecule has 1 aliphatic rings. The molecule has 1 saturated heterocycles. The quantitative estimate of drug-likeness (QED) is 0.658. The summed E-state index contributed by atoms with van der Waals surface area (Å²) in [7, 11) is -2.56. The van der Waals surface area contributed by atoms with Crippen LogP contribution in [0.1, 0.15) is 38.1 Å². The van der Waals surface area contributed by atoms with Crippen LogP contribution in [0.25, 0.3) is 0 Å². The van der Waals surface area contributed by atoms with E-state index in [0.717, 1.165) is 10.4 Å².